The molecule has 1 saturated heterocycles. The van der Waals surface area contributed by atoms with Gasteiger partial charge in [0.1, 0.15) is 6.33 Å². The van der Waals surface area contributed by atoms with E-state index in [1.165, 1.54) is 5.57 Å². The van der Waals surface area contributed by atoms with E-state index in [9.17, 15) is 9.90 Å². The standard InChI is InChI=1S/C21H27N5O3/c27-12-11-26-15-22-21(23-26)18-3-1-16(2-4-18)17-5-9-25(10-6-17)20(29)14-24-8-7-19(28)13-24/h1-5,15,19,27-28H,6-14H2/t19-/m0/s1. The van der Waals surface area contributed by atoms with Gasteiger partial charge in [0.25, 0.3) is 0 Å². The highest BCUT2D eigenvalue weighted by molar-refractivity contribution is 5.80. The maximum absolute atomic E-state index is 12.5. The number of amides is 1. The lowest BCUT2D eigenvalue weighted by atomic mass is 9.98. The number of aromatic nitrogens is 3. The molecule has 4 rings (SSSR count). The maximum atomic E-state index is 12.5. The predicted molar refractivity (Wildman–Crippen MR) is 109 cm³/mol. The first-order chi connectivity index (χ1) is 14.1. The van der Waals surface area contributed by atoms with E-state index in [4.69, 9.17) is 5.11 Å². The molecule has 0 unspecified atom stereocenters. The zero-order chi connectivity index (χ0) is 20.2. The van der Waals surface area contributed by atoms with Crippen LogP contribution in [-0.4, -0.2) is 86.1 Å². The molecular formula is C21H27N5O3. The number of carbonyl (C=O) groups is 1. The minimum absolute atomic E-state index is 0.0371. The predicted octanol–water partition coefficient (Wildman–Crippen LogP) is 0.620. The second-order valence-corrected chi connectivity index (χ2v) is 7.63. The van der Waals surface area contributed by atoms with E-state index < -0.39 is 0 Å². The number of rotatable bonds is 6. The number of carbonyl (C=O) groups excluding carboxylic acids is 1. The Morgan fingerprint density at radius 2 is 1.97 bits per heavy atom. The van der Waals surface area contributed by atoms with Crippen LogP contribution in [0.25, 0.3) is 17.0 Å². The number of benzene rings is 1. The second-order valence-electron chi connectivity index (χ2n) is 7.63. The van der Waals surface area contributed by atoms with Gasteiger partial charge in [0.15, 0.2) is 5.82 Å². The number of hydrogen-bond acceptors (Lipinski definition) is 6. The Morgan fingerprint density at radius 3 is 2.62 bits per heavy atom. The zero-order valence-corrected chi connectivity index (χ0v) is 16.4. The molecule has 1 aromatic carbocycles. The lowest BCUT2D eigenvalue weighted by molar-refractivity contribution is -0.131. The highest BCUT2D eigenvalue weighted by atomic mass is 16.3. The Kier molecular flexibility index (Phi) is 6.03. The highest BCUT2D eigenvalue weighted by Gasteiger charge is 2.25. The molecular weight excluding hydrogens is 370 g/mol. The SMILES string of the molecule is O=C(CN1CC[C@H](O)C1)N1CC=C(c2ccc(-c3ncn(CCO)n3)cc2)CC1. The molecule has 2 N–H and O–H groups in total. The Balaban J connectivity index is 1.35. The molecule has 3 heterocycles. The molecule has 29 heavy (non-hydrogen) atoms. The number of β-amino-alcohol motifs (C(OH)–C–C–N with tert-alkyl or cyclic N) is 1. The molecule has 2 aromatic rings. The van der Waals surface area contributed by atoms with Crippen LogP contribution in [0.5, 0.6) is 0 Å². The smallest absolute Gasteiger partial charge is 0.237 e. The first kappa shape index (κ1) is 19.8. The molecule has 0 saturated carbocycles. The van der Waals surface area contributed by atoms with Gasteiger partial charge in [0, 0.05) is 31.7 Å². The topological polar surface area (TPSA) is 94.7 Å². The average molecular weight is 397 g/mol. The molecule has 8 nitrogen and oxygen atoms in total. The lowest BCUT2D eigenvalue weighted by Crippen LogP contribution is -2.41. The van der Waals surface area contributed by atoms with Gasteiger partial charge < -0.3 is 15.1 Å². The summed E-state index contributed by atoms with van der Waals surface area (Å²) in [5.74, 6) is 0.778. The molecule has 0 aliphatic carbocycles. The van der Waals surface area contributed by atoms with Crippen molar-refractivity contribution in [3.8, 4) is 11.4 Å². The van der Waals surface area contributed by atoms with Crippen molar-refractivity contribution < 1.29 is 15.0 Å². The van der Waals surface area contributed by atoms with Gasteiger partial charge in [-0.05, 0) is 24.0 Å². The maximum Gasteiger partial charge on any atom is 0.237 e. The monoisotopic (exact) mass is 397 g/mol. The molecule has 8 heteroatoms. The van der Waals surface area contributed by atoms with Crippen molar-refractivity contribution in [1.82, 2.24) is 24.6 Å². The van der Waals surface area contributed by atoms with Crippen molar-refractivity contribution in [2.24, 2.45) is 0 Å². The molecule has 1 fully saturated rings. The Bertz CT molecular complexity index is 877. The van der Waals surface area contributed by atoms with Crippen molar-refractivity contribution in [3.05, 3.63) is 42.2 Å². The van der Waals surface area contributed by atoms with Crippen molar-refractivity contribution in [2.45, 2.75) is 25.5 Å². The van der Waals surface area contributed by atoms with E-state index in [0.29, 0.717) is 32.0 Å². The molecule has 0 radical (unpaired) electrons. The minimum atomic E-state index is -0.294. The number of nitrogens with zero attached hydrogens (tertiary/aromatic N) is 5. The molecule has 1 amide bonds. The lowest BCUT2D eigenvalue weighted by Gasteiger charge is -2.28. The normalized spacial score (nSPS) is 20.1. The summed E-state index contributed by atoms with van der Waals surface area (Å²) in [5, 5.41) is 22.9. The summed E-state index contributed by atoms with van der Waals surface area (Å²) in [4.78, 5) is 20.7. The summed E-state index contributed by atoms with van der Waals surface area (Å²) in [6, 6.07) is 8.14. The van der Waals surface area contributed by atoms with Crippen LogP contribution in [0.1, 0.15) is 18.4 Å². The summed E-state index contributed by atoms with van der Waals surface area (Å²) in [7, 11) is 0. The van der Waals surface area contributed by atoms with Gasteiger partial charge in [-0.2, -0.15) is 5.10 Å². The quantitative estimate of drug-likeness (QED) is 0.742. The van der Waals surface area contributed by atoms with Crippen LogP contribution in [0.2, 0.25) is 0 Å². The minimum Gasteiger partial charge on any atom is -0.394 e. The average Bonchev–Trinajstić information content (AvgIpc) is 3.37. The van der Waals surface area contributed by atoms with Crippen LogP contribution in [0.15, 0.2) is 36.7 Å². The van der Waals surface area contributed by atoms with Gasteiger partial charge in [0.05, 0.1) is 25.8 Å². The third-order valence-corrected chi connectivity index (χ3v) is 5.55. The molecule has 2 aliphatic heterocycles. The number of aliphatic hydroxyl groups is 2. The fraction of sp³-hybridized carbons (Fsp3) is 0.476. The van der Waals surface area contributed by atoms with E-state index in [-0.39, 0.29) is 18.6 Å². The first-order valence-corrected chi connectivity index (χ1v) is 10.1. The number of hydrogen-bond donors (Lipinski definition) is 2. The van der Waals surface area contributed by atoms with Gasteiger partial charge in [-0.25, -0.2) is 4.98 Å². The zero-order valence-electron chi connectivity index (χ0n) is 16.4. The Hall–Kier alpha value is -2.55. The number of aliphatic hydroxyl groups excluding tert-OH is 2. The van der Waals surface area contributed by atoms with Gasteiger partial charge in [-0.1, -0.05) is 30.3 Å². The summed E-state index contributed by atoms with van der Waals surface area (Å²) in [5.41, 5.74) is 3.33. The van der Waals surface area contributed by atoms with Crippen LogP contribution >= 0.6 is 0 Å². The third-order valence-electron chi connectivity index (χ3n) is 5.55. The second kappa shape index (κ2) is 8.86. The number of likely N-dealkylation sites (tertiary alicyclic amines) is 1. The molecule has 1 atom stereocenters. The molecule has 2 aliphatic rings. The highest BCUT2D eigenvalue weighted by Crippen LogP contribution is 2.25. The van der Waals surface area contributed by atoms with Crippen molar-refractivity contribution in [2.75, 3.05) is 39.3 Å². The molecule has 0 bridgehead atoms. The van der Waals surface area contributed by atoms with Crippen LogP contribution < -0.4 is 0 Å². The van der Waals surface area contributed by atoms with E-state index in [0.717, 1.165) is 37.1 Å². The molecule has 0 spiro atoms. The van der Waals surface area contributed by atoms with E-state index in [1.807, 2.05) is 21.9 Å². The van der Waals surface area contributed by atoms with Crippen LogP contribution in [-0.2, 0) is 11.3 Å². The van der Waals surface area contributed by atoms with E-state index >= 15 is 0 Å². The van der Waals surface area contributed by atoms with Crippen LogP contribution in [0, 0.1) is 0 Å². The van der Waals surface area contributed by atoms with Crippen LogP contribution in [0.4, 0.5) is 0 Å². The Morgan fingerprint density at radius 1 is 1.17 bits per heavy atom. The van der Waals surface area contributed by atoms with E-state index in [1.54, 1.807) is 11.0 Å². The summed E-state index contributed by atoms with van der Waals surface area (Å²) < 4.78 is 1.63. The Labute approximate surface area is 170 Å². The van der Waals surface area contributed by atoms with E-state index in [2.05, 4.69) is 28.3 Å². The van der Waals surface area contributed by atoms with Crippen molar-refractivity contribution >= 4 is 11.5 Å². The fourth-order valence-electron chi connectivity index (χ4n) is 3.88. The van der Waals surface area contributed by atoms with Gasteiger partial charge in [-0.3, -0.25) is 14.4 Å². The summed E-state index contributed by atoms with van der Waals surface area (Å²) in [6.45, 7) is 3.60. The molecule has 154 valence electrons. The third kappa shape index (κ3) is 4.72. The fourth-order valence-corrected chi connectivity index (χ4v) is 3.88. The van der Waals surface area contributed by atoms with Crippen molar-refractivity contribution in [1.29, 1.82) is 0 Å². The van der Waals surface area contributed by atoms with Gasteiger partial charge in [-0.15, -0.1) is 0 Å². The largest absolute Gasteiger partial charge is 0.394 e. The first-order valence-electron chi connectivity index (χ1n) is 10.1. The van der Waals surface area contributed by atoms with Gasteiger partial charge >= 0.3 is 0 Å². The summed E-state index contributed by atoms with van der Waals surface area (Å²) >= 11 is 0. The summed E-state index contributed by atoms with van der Waals surface area (Å²) in [6.07, 6.45) is 5.04. The van der Waals surface area contributed by atoms with Crippen molar-refractivity contribution in [3.63, 3.8) is 0 Å². The molecule has 1 aromatic heterocycles. The van der Waals surface area contributed by atoms with Crippen LogP contribution in [0.3, 0.4) is 0 Å². The van der Waals surface area contributed by atoms with Gasteiger partial charge in [0.2, 0.25) is 5.91 Å².